The summed E-state index contributed by atoms with van der Waals surface area (Å²) in [6.45, 7) is -0.325. The van der Waals surface area contributed by atoms with Gasteiger partial charge in [-0.3, -0.25) is 0 Å². The number of carbonyl (C=O) groups is 1. The summed E-state index contributed by atoms with van der Waals surface area (Å²) in [5.74, 6) is -1.32. The molecule has 0 bridgehead atoms. The van der Waals surface area contributed by atoms with Crippen LogP contribution in [0.1, 0.15) is 17.2 Å². The van der Waals surface area contributed by atoms with Crippen LogP contribution in [0, 0.1) is 5.82 Å². The van der Waals surface area contributed by atoms with E-state index in [4.69, 9.17) is 16.3 Å². The normalized spacial score (nSPS) is 13.1. The molecular formula is C17H17ClFNO5. The van der Waals surface area contributed by atoms with Crippen molar-refractivity contribution >= 4 is 17.7 Å². The van der Waals surface area contributed by atoms with Gasteiger partial charge in [-0.2, -0.15) is 0 Å². The molecule has 2 rings (SSSR count). The monoisotopic (exact) mass is 369 g/mol. The first-order valence-electron chi connectivity index (χ1n) is 7.37. The maximum absolute atomic E-state index is 13.3. The number of phenols is 1. The molecule has 0 aliphatic heterocycles. The molecule has 8 heteroatoms. The fourth-order valence-electron chi connectivity index (χ4n) is 2.09. The molecule has 0 aliphatic rings. The Kier molecular flexibility index (Phi) is 6.58. The molecule has 4 N–H and O–H groups in total. The Morgan fingerprint density at radius 2 is 1.92 bits per heavy atom. The van der Waals surface area contributed by atoms with Crippen LogP contribution in [-0.2, 0) is 11.3 Å². The number of hydrogen-bond acceptors (Lipinski definition) is 5. The lowest BCUT2D eigenvalue weighted by molar-refractivity contribution is 0.0170. The van der Waals surface area contributed by atoms with Crippen LogP contribution < -0.4 is 5.32 Å². The summed E-state index contributed by atoms with van der Waals surface area (Å²) < 4.78 is 18.3. The van der Waals surface area contributed by atoms with Crippen molar-refractivity contribution in [2.45, 2.75) is 18.8 Å². The lowest BCUT2D eigenvalue weighted by Crippen LogP contribution is -2.35. The Morgan fingerprint density at radius 3 is 2.60 bits per heavy atom. The zero-order valence-electron chi connectivity index (χ0n) is 13.0. The molecular weight excluding hydrogens is 353 g/mol. The molecule has 0 aliphatic carbocycles. The number of hydrogen-bond donors (Lipinski definition) is 4. The highest BCUT2D eigenvalue weighted by atomic mass is 35.5. The summed E-state index contributed by atoms with van der Waals surface area (Å²) in [4.78, 5) is 11.6. The molecule has 1 amide bonds. The first-order valence-corrected chi connectivity index (χ1v) is 7.75. The largest absolute Gasteiger partial charge is 0.506 e. The van der Waals surface area contributed by atoms with Crippen molar-refractivity contribution in [1.82, 2.24) is 5.32 Å². The average molecular weight is 370 g/mol. The third kappa shape index (κ3) is 5.32. The summed E-state index contributed by atoms with van der Waals surface area (Å²) in [7, 11) is 0. The Labute approximate surface area is 148 Å². The molecule has 6 nitrogen and oxygen atoms in total. The number of alkyl carbamates (subject to hydrolysis) is 1. The van der Waals surface area contributed by atoms with Crippen LogP contribution >= 0.6 is 11.6 Å². The minimum Gasteiger partial charge on any atom is -0.506 e. The molecule has 2 atom stereocenters. The van der Waals surface area contributed by atoms with Gasteiger partial charge in [0.15, 0.2) is 0 Å². The van der Waals surface area contributed by atoms with Gasteiger partial charge in [-0.15, -0.1) is 0 Å². The van der Waals surface area contributed by atoms with E-state index in [1.54, 1.807) is 24.3 Å². The van der Waals surface area contributed by atoms with Crippen molar-refractivity contribution in [2.75, 3.05) is 6.54 Å². The highest BCUT2D eigenvalue weighted by molar-refractivity contribution is 6.32. The minimum atomic E-state index is -1.65. The second-order valence-electron chi connectivity index (χ2n) is 5.28. The Bertz CT molecular complexity index is 728. The minimum absolute atomic E-state index is 0.0472. The first kappa shape index (κ1) is 19.0. The van der Waals surface area contributed by atoms with E-state index in [2.05, 4.69) is 5.32 Å². The van der Waals surface area contributed by atoms with Crippen molar-refractivity contribution in [1.29, 1.82) is 0 Å². The van der Waals surface area contributed by atoms with Crippen LogP contribution in [0.2, 0.25) is 5.02 Å². The maximum Gasteiger partial charge on any atom is 0.407 e. The third-order valence-corrected chi connectivity index (χ3v) is 3.70. The standard InChI is InChI=1S/C17H17ClFNO5/c18-13-7-11(19)6-12(15(13)22)16(23)14(21)8-20-17(24)25-9-10-4-2-1-3-5-10/h1-7,14,16,21-23H,8-9H2,(H,20,24). The number of amides is 1. The molecule has 0 spiro atoms. The SMILES string of the molecule is O=C(NCC(O)C(O)c1cc(F)cc(Cl)c1O)OCc1ccccc1. The fourth-order valence-corrected chi connectivity index (χ4v) is 2.31. The molecule has 134 valence electrons. The number of phenolic OH excluding ortho intramolecular Hbond substituents is 1. The molecule has 2 unspecified atom stereocenters. The number of rotatable bonds is 6. The first-order chi connectivity index (χ1) is 11.9. The number of halogens is 2. The van der Waals surface area contributed by atoms with Crippen LogP contribution in [0.15, 0.2) is 42.5 Å². The molecule has 2 aromatic carbocycles. The second kappa shape index (κ2) is 8.66. The highest BCUT2D eigenvalue weighted by Gasteiger charge is 2.24. The van der Waals surface area contributed by atoms with Gasteiger partial charge >= 0.3 is 6.09 Å². The van der Waals surface area contributed by atoms with E-state index in [-0.39, 0.29) is 23.7 Å². The molecule has 0 radical (unpaired) electrons. The number of aliphatic hydroxyl groups excluding tert-OH is 2. The maximum atomic E-state index is 13.3. The molecule has 25 heavy (non-hydrogen) atoms. The lowest BCUT2D eigenvalue weighted by Gasteiger charge is -2.20. The average Bonchev–Trinajstić information content (AvgIpc) is 2.61. The van der Waals surface area contributed by atoms with Gasteiger partial charge in [0.05, 0.1) is 5.02 Å². The van der Waals surface area contributed by atoms with Gasteiger partial charge in [0.2, 0.25) is 0 Å². The van der Waals surface area contributed by atoms with Gasteiger partial charge in [0.25, 0.3) is 0 Å². The lowest BCUT2D eigenvalue weighted by atomic mass is 10.0. The van der Waals surface area contributed by atoms with Crippen molar-refractivity contribution in [2.24, 2.45) is 0 Å². The van der Waals surface area contributed by atoms with Crippen molar-refractivity contribution in [3.63, 3.8) is 0 Å². The Balaban J connectivity index is 1.87. The quantitative estimate of drug-likeness (QED) is 0.627. The molecule has 0 heterocycles. The Morgan fingerprint density at radius 1 is 1.24 bits per heavy atom. The number of benzene rings is 2. The molecule has 0 aromatic heterocycles. The molecule has 0 saturated carbocycles. The van der Waals surface area contributed by atoms with Gasteiger partial charge in [0, 0.05) is 12.1 Å². The van der Waals surface area contributed by atoms with Gasteiger partial charge in [-0.1, -0.05) is 41.9 Å². The van der Waals surface area contributed by atoms with Gasteiger partial charge in [-0.05, 0) is 17.7 Å². The topological polar surface area (TPSA) is 99.0 Å². The van der Waals surface area contributed by atoms with E-state index >= 15 is 0 Å². The van der Waals surface area contributed by atoms with Crippen LogP contribution in [0.3, 0.4) is 0 Å². The summed E-state index contributed by atoms with van der Waals surface area (Å²) in [5, 5.41) is 31.7. The third-order valence-electron chi connectivity index (χ3n) is 3.41. The number of aromatic hydroxyl groups is 1. The predicted octanol–water partition coefficient (Wildman–Crippen LogP) is 2.51. The van der Waals surface area contributed by atoms with Gasteiger partial charge < -0.3 is 25.4 Å². The summed E-state index contributed by atoms with van der Waals surface area (Å²) in [5.41, 5.74) is 0.509. The second-order valence-corrected chi connectivity index (χ2v) is 5.69. The van der Waals surface area contributed by atoms with E-state index in [1.165, 1.54) is 0 Å². The molecule has 0 saturated heterocycles. The Hall–Kier alpha value is -2.35. The zero-order valence-corrected chi connectivity index (χ0v) is 13.8. The summed E-state index contributed by atoms with van der Waals surface area (Å²) in [6.07, 6.45) is -3.95. The molecule has 2 aromatic rings. The van der Waals surface area contributed by atoms with Crippen LogP contribution in [0.4, 0.5) is 9.18 Å². The van der Waals surface area contributed by atoms with Crippen molar-refractivity contribution < 1.29 is 29.2 Å². The fraction of sp³-hybridized carbons (Fsp3) is 0.235. The van der Waals surface area contributed by atoms with Crippen LogP contribution in [0.25, 0.3) is 0 Å². The van der Waals surface area contributed by atoms with Gasteiger partial charge in [0.1, 0.15) is 30.4 Å². The van der Waals surface area contributed by atoms with Crippen LogP contribution in [-0.4, -0.2) is 34.1 Å². The number of aliphatic hydroxyl groups is 2. The van der Waals surface area contributed by atoms with E-state index in [1.807, 2.05) is 6.07 Å². The number of carbonyl (C=O) groups excluding carboxylic acids is 1. The zero-order chi connectivity index (χ0) is 18.4. The van der Waals surface area contributed by atoms with Crippen LogP contribution in [0.5, 0.6) is 5.75 Å². The highest BCUT2D eigenvalue weighted by Crippen LogP contribution is 2.33. The van der Waals surface area contributed by atoms with Crippen molar-refractivity contribution in [3.05, 3.63) is 64.4 Å². The van der Waals surface area contributed by atoms with E-state index in [0.717, 1.165) is 17.7 Å². The van der Waals surface area contributed by atoms with Gasteiger partial charge in [-0.25, -0.2) is 9.18 Å². The summed E-state index contributed by atoms with van der Waals surface area (Å²) in [6, 6.07) is 10.7. The van der Waals surface area contributed by atoms with Crippen molar-refractivity contribution in [3.8, 4) is 5.75 Å². The smallest absolute Gasteiger partial charge is 0.407 e. The van der Waals surface area contributed by atoms with E-state index in [0.29, 0.717) is 0 Å². The number of ether oxygens (including phenoxy) is 1. The molecule has 0 fully saturated rings. The number of nitrogens with one attached hydrogen (secondary N) is 1. The van der Waals surface area contributed by atoms with E-state index < -0.39 is 29.9 Å². The summed E-state index contributed by atoms with van der Waals surface area (Å²) >= 11 is 5.62. The van der Waals surface area contributed by atoms with E-state index in [9.17, 15) is 24.5 Å². The predicted molar refractivity (Wildman–Crippen MR) is 88.7 cm³/mol.